The zero-order chi connectivity index (χ0) is 17.2. The van der Waals surface area contributed by atoms with Gasteiger partial charge in [-0.05, 0) is 24.3 Å². The van der Waals surface area contributed by atoms with Crippen molar-refractivity contribution in [2.24, 2.45) is 0 Å². The van der Waals surface area contributed by atoms with E-state index in [1.807, 2.05) is 60.7 Å². The monoisotopic (exact) mass is 330 g/mol. The van der Waals surface area contributed by atoms with E-state index in [4.69, 9.17) is 13.6 Å². The van der Waals surface area contributed by atoms with Crippen LogP contribution in [0.5, 0.6) is 0 Å². The van der Waals surface area contributed by atoms with E-state index in [2.05, 4.69) is 13.2 Å². The summed E-state index contributed by atoms with van der Waals surface area (Å²) in [5, 5.41) is 2.12. The van der Waals surface area contributed by atoms with Crippen molar-refractivity contribution in [2.45, 2.75) is 0 Å². The molecule has 0 spiro atoms. The Labute approximate surface area is 145 Å². The third-order valence-electron chi connectivity index (χ3n) is 4.10. The van der Waals surface area contributed by atoms with Crippen LogP contribution in [-0.2, 0) is 4.74 Å². The number of rotatable bonds is 6. The predicted octanol–water partition coefficient (Wildman–Crippen LogP) is 5.92. The summed E-state index contributed by atoms with van der Waals surface area (Å²) in [4.78, 5) is 0. The van der Waals surface area contributed by atoms with Gasteiger partial charge >= 0.3 is 0 Å². The van der Waals surface area contributed by atoms with Crippen molar-refractivity contribution in [3.8, 4) is 0 Å². The lowest BCUT2D eigenvalue weighted by molar-refractivity contribution is 0.202. The van der Waals surface area contributed by atoms with Gasteiger partial charge in [0.2, 0.25) is 0 Å². The molecule has 0 atom stereocenters. The van der Waals surface area contributed by atoms with Crippen molar-refractivity contribution in [3.63, 3.8) is 0 Å². The van der Waals surface area contributed by atoms with Gasteiger partial charge in [-0.3, -0.25) is 0 Å². The Bertz CT molecular complexity index is 913. The van der Waals surface area contributed by atoms with Gasteiger partial charge in [0.05, 0.1) is 13.2 Å². The Morgan fingerprint density at radius 2 is 1.16 bits per heavy atom. The lowest BCUT2D eigenvalue weighted by Crippen LogP contribution is -1.99. The number of ether oxygens (including phenoxy) is 1. The Morgan fingerprint density at radius 3 is 1.60 bits per heavy atom. The molecule has 0 aliphatic heterocycles. The van der Waals surface area contributed by atoms with Crippen molar-refractivity contribution in [2.75, 3.05) is 13.2 Å². The van der Waals surface area contributed by atoms with Gasteiger partial charge in [0.1, 0.15) is 22.7 Å². The van der Waals surface area contributed by atoms with Gasteiger partial charge in [-0.2, -0.15) is 0 Å². The Kier molecular flexibility index (Phi) is 4.00. The number of fused-ring (bicyclic) bond motifs is 2. The highest BCUT2D eigenvalue weighted by Gasteiger charge is 2.10. The zero-order valence-electron chi connectivity index (χ0n) is 13.8. The molecule has 0 radical (unpaired) electrons. The van der Waals surface area contributed by atoms with Gasteiger partial charge in [-0.15, -0.1) is 0 Å². The van der Waals surface area contributed by atoms with Gasteiger partial charge in [0.25, 0.3) is 0 Å². The molecule has 0 aliphatic carbocycles. The molecule has 0 unspecified atom stereocenters. The third-order valence-corrected chi connectivity index (χ3v) is 4.10. The van der Waals surface area contributed by atoms with E-state index in [1.165, 1.54) is 0 Å². The minimum Gasteiger partial charge on any atom is -0.456 e. The highest BCUT2D eigenvalue weighted by Crippen LogP contribution is 2.26. The van der Waals surface area contributed by atoms with Crippen LogP contribution in [0.15, 0.2) is 82.7 Å². The average Bonchev–Trinajstić information content (AvgIpc) is 3.25. The fraction of sp³-hybridized carbons (Fsp3) is 0.0909. The molecular formula is C22H18O3. The highest BCUT2D eigenvalue weighted by atomic mass is 16.5. The Morgan fingerprint density at radius 1 is 0.720 bits per heavy atom. The van der Waals surface area contributed by atoms with Gasteiger partial charge in [0.15, 0.2) is 0 Å². The Balaban J connectivity index is 1.38. The van der Waals surface area contributed by atoms with E-state index >= 15 is 0 Å². The SMILES string of the molecule is C=C(COCC(=C)c1cc2ccccc2o1)c1cc2ccccc2o1. The van der Waals surface area contributed by atoms with Crippen molar-refractivity contribution in [1.82, 2.24) is 0 Å². The molecule has 0 saturated heterocycles. The quantitative estimate of drug-likeness (QED) is 0.440. The summed E-state index contributed by atoms with van der Waals surface area (Å²) in [7, 11) is 0. The fourth-order valence-electron chi connectivity index (χ4n) is 2.75. The second-order valence-electron chi connectivity index (χ2n) is 6.00. The second kappa shape index (κ2) is 6.46. The van der Waals surface area contributed by atoms with Crippen LogP contribution in [0.1, 0.15) is 11.5 Å². The van der Waals surface area contributed by atoms with E-state index in [9.17, 15) is 0 Å². The summed E-state index contributed by atoms with van der Waals surface area (Å²) in [5.41, 5.74) is 3.30. The minimum absolute atomic E-state index is 0.374. The van der Waals surface area contributed by atoms with Crippen LogP contribution in [0.3, 0.4) is 0 Å². The lowest BCUT2D eigenvalue weighted by atomic mass is 10.2. The molecule has 2 heterocycles. The number of furan rings is 2. The maximum Gasteiger partial charge on any atom is 0.134 e. The topological polar surface area (TPSA) is 35.5 Å². The minimum atomic E-state index is 0.374. The van der Waals surface area contributed by atoms with Crippen LogP contribution in [0.4, 0.5) is 0 Å². The maximum absolute atomic E-state index is 5.79. The van der Waals surface area contributed by atoms with Gasteiger partial charge in [0, 0.05) is 21.9 Å². The molecule has 2 aromatic heterocycles. The van der Waals surface area contributed by atoms with Gasteiger partial charge < -0.3 is 13.6 Å². The molecule has 124 valence electrons. The Hall–Kier alpha value is -3.04. The molecule has 0 saturated carbocycles. The van der Waals surface area contributed by atoms with E-state index in [1.54, 1.807) is 0 Å². The number of hydrogen-bond donors (Lipinski definition) is 0. The molecule has 4 aromatic rings. The molecule has 0 N–H and O–H groups in total. The van der Waals surface area contributed by atoms with Crippen LogP contribution in [-0.4, -0.2) is 13.2 Å². The maximum atomic E-state index is 5.79. The van der Waals surface area contributed by atoms with E-state index in [0.29, 0.717) is 13.2 Å². The first-order valence-electron chi connectivity index (χ1n) is 8.12. The summed E-state index contributed by atoms with van der Waals surface area (Å²) >= 11 is 0. The molecule has 0 amide bonds. The van der Waals surface area contributed by atoms with Gasteiger partial charge in [-0.1, -0.05) is 49.6 Å². The molecule has 0 fully saturated rings. The number of para-hydroxylation sites is 2. The summed E-state index contributed by atoms with van der Waals surface area (Å²) in [6.07, 6.45) is 0. The normalized spacial score (nSPS) is 11.2. The smallest absolute Gasteiger partial charge is 0.134 e. The molecule has 3 heteroatoms. The first kappa shape index (κ1) is 15.5. The fourth-order valence-corrected chi connectivity index (χ4v) is 2.75. The predicted molar refractivity (Wildman–Crippen MR) is 101 cm³/mol. The first-order valence-corrected chi connectivity index (χ1v) is 8.12. The zero-order valence-corrected chi connectivity index (χ0v) is 13.8. The van der Waals surface area contributed by atoms with Crippen molar-refractivity contribution in [1.29, 1.82) is 0 Å². The number of benzene rings is 2. The van der Waals surface area contributed by atoms with Crippen molar-refractivity contribution < 1.29 is 13.6 Å². The van der Waals surface area contributed by atoms with E-state index in [-0.39, 0.29) is 0 Å². The standard InChI is InChI=1S/C22H18O3/c1-15(21-11-17-7-3-5-9-19(17)24-21)13-23-14-16(2)22-12-18-8-4-6-10-20(18)25-22/h3-12H,1-2,13-14H2. The second-order valence-corrected chi connectivity index (χ2v) is 6.00. The molecule has 0 aliphatic rings. The van der Waals surface area contributed by atoms with Crippen LogP contribution >= 0.6 is 0 Å². The molecule has 3 nitrogen and oxygen atoms in total. The first-order chi connectivity index (χ1) is 12.2. The van der Waals surface area contributed by atoms with Crippen LogP contribution < -0.4 is 0 Å². The van der Waals surface area contributed by atoms with E-state index in [0.717, 1.165) is 44.6 Å². The summed E-state index contributed by atoms with van der Waals surface area (Å²) in [6.45, 7) is 8.85. The third kappa shape index (κ3) is 3.14. The number of hydrogen-bond acceptors (Lipinski definition) is 3. The molecular weight excluding hydrogens is 312 g/mol. The summed E-state index contributed by atoms with van der Waals surface area (Å²) in [6, 6.07) is 19.7. The highest BCUT2D eigenvalue weighted by molar-refractivity contribution is 5.82. The van der Waals surface area contributed by atoms with Gasteiger partial charge in [-0.25, -0.2) is 0 Å². The van der Waals surface area contributed by atoms with Crippen LogP contribution in [0, 0.1) is 0 Å². The van der Waals surface area contributed by atoms with Crippen molar-refractivity contribution >= 4 is 33.1 Å². The largest absolute Gasteiger partial charge is 0.456 e. The van der Waals surface area contributed by atoms with Crippen LogP contribution in [0.2, 0.25) is 0 Å². The van der Waals surface area contributed by atoms with Crippen molar-refractivity contribution in [3.05, 3.63) is 85.3 Å². The average molecular weight is 330 g/mol. The molecule has 2 aromatic carbocycles. The molecule has 25 heavy (non-hydrogen) atoms. The van der Waals surface area contributed by atoms with Crippen LogP contribution in [0.25, 0.3) is 33.1 Å². The summed E-state index contributed by atoms with van der Waals surface area (Å²) in [5.74, 6) is 1.49. The molecule has 0 bridgehead atoms. The van der Waals surface area contributed by atoms with E-state index < -0.39 is 0 Å². The lowest BCUT2D eigenvalue weighted by Gasteiger charge is -2.06. The summed E-state index contributed by atoms with van der Waals surface area (Å²) < 4.78 is 17.3. The molecule has 4 rings (SSSR count).